The number of nitrogens with one attached hydrogen (secondary N) is 5. The van der Waals surface area contributed by atoms with Gasteiger partial charge in [-0.05, 0) is 215 Å². The number of ether oxygens (including phenoxy) is 5. The number of hydrogen-bond donors (Lipinski definition) is 5. The SMILES string of the molecule is CCCOCCOCCC(=O)NCCCOCCOCCOCCCNC(=O)[C@@H](CCCCNC(=O)/C=C(C)/C=C/C=C(C)/C=C/C1=C(C)CCCC1(C)C)CC(=O)[C@@H](CCCCNC(=O)CC(C)/C=C/C=C(C)/C=C/C1=C(C)CCCC1(C)C)NC(=O)/C=C(C)/C=C/C=C(C)/C=C/C1=C(C)CCCC1(C)C. The molecule has 107 heavy (non-hydrogen) atoms. The Balaban J connectivity index is 1.68. The van der Waals surface area contributed by atoms with E-state index < -0.39 is 17.9 Å². The largest absolute Gasteiger partial charge is 0.379 e. The van der Waals surface area contributed by atoms with Crippen molar-refractivity contribution in [2.45, 2.75) is 252 Å². The lowest BCUT2D eigenvalue weighted by atomic mass is 9.72. The summed E-state index contributed by atoms with van der Waals surface area (Å²) in [6, 6.07) is -0.893. The summed E-state index contributed by atoms with van der Waals surface area (Å²) in [7, 11) is 0. The van der Waals surface area contributed by atoms with Crippen LogP contribution in [0.25, 0.3) is 0 Å². The maximum atomic E-state index is 14.7. The minimum absolute atomic E-state index is 0.0166. The minimum atomic E-state index is -0.893. The van der Waals surface area contributed by atoms with Gasteiger partial charge in [0.05, 0.1) is 52.3 Å². The van der Waals surface area contributed by atoms with E-state index in [1.54, 1.807) is 6.08 Å². The third-order valence-electron chi connectivity index (χ3n) is 20.2. The summed E-state index contributed by atoms with van der Waals surface area (Å²) >= 11 is 0. The summed E-state index contributed by atoms with van der Waals surface area (Å²) in [5.74, 6) is -1.95. The van der Waals surface area contributed by atoms with Gasteiger partial charge in [0.15, 0.2) is 5.78 Å². The lowest BCUT2D eigenvalue weighted by Crippen LogP contribution is -2.42. The van der Waals surface area contributed by atoms with Gasteiger partial charge in [0.25, 0.3) is 0 Å². The fourth-order valence-electron chi connectivity index (χ4n) is 13.8. The zero-order chi connectivity index (χ0) is 78.9. The van der Waals surface area contributed by atoms with Crippen molar-refractivity contribution >= 4 is 35.3 Å². The molecule has 0 saturated heterocycles. The van der Waals surface area contributed by atoms with E-state index in [-0.39, 0.29) is 58.0 Å². The van der Waals surface area contributed by atoms with E-state index in [1.165, 1.54) is 71.6 Å². The van der Waals surface area contributed by atoms with Crippen LogP contribution in [-0.4, -0.2) is 134 Å². The molecule has 16 nitrogen and oxygen atoms in total. The summed E-state index contributed by atoms with van der Waals surface area (Å²) in [6.07, 6.45) is 50.5. The van der Waals surface area contributed by atoms with Crippen LogP contribution >= 0.6 is 0 Å². The number of ketones is 1. The van der Waals surface area contributed by atoms with Crippen molar-refractivity contribution in [3.63, 3.8) is 0 Å². The maximum Gasteiger partial charge on any atom is 0.244 e. The second-order valence-corrected chi connectivity index (χ2v) is 31.8. The standard InChI is InChI=1S/C91H143N5O11/c1-17-55-103-59-62-106-58-47-84(98)92-53-28-56-104-60-63-107-64-61-105-57-29-54-95-88(102)78(39-18-20-51-93-85(99)65-72(5)33-22-30-69(2)41-44-79-75(8)36-25-48-89(79,11)12)68-83(97)82(96-87(101)67-74(7)35-24-32-71(4)43-46-81-77(10)38-27-50-91(81,15)16)40-19-21-52-94-86(100)66-73(6)34-23-31-70(3)42-45-80-76(9)37-26-49-90(80,13)14/h22-24,30-35,41-46,65,67,73,78,82H,17-21,25-29,36-40,47-64,66,68H2,1-16H3,(H,92,98)(H,93,99)(H,94,100)(H,95,102)(H,96,101)/b33-22+,34-23+,35-24+,44-41+,45-42+,46-43+,69-30+,70-31+,71-32+,72-65+,74-67+/t73?,78-,82+/m0/s1. The normalized spacial score (nSPS) is 17.9. The fraction of sp³-hybridized carbons (Fsp3) is 0.626. The molecule has 1 unspecified atom stereocenters. The second-order valence-electron chi connectivity index (χ2n) is 31.8. The van der Waals surface area contributed by atoms with Crippen LogP contribution in [0, 0.1) is 28.1 Å². The van der Waals surface area contributed by atoms with Crippen molar-refractivity contribution in [1.29, 1.82) is 0 Å². The van der Waals surface area contributed by atoms with Gasteiger partial charge >= 0.3 is 0 Å². The Morgan fingerprint density at radius 1 is 0.439 bits per heavy atom. The molecule has 598 valence electrons. The van der Waals surface area contributed by atoms with Crippen molar-refractivity contribution in [3.05, 3.63) is 165 Å². The van der Waals surface area contributed by atoms with E-state index >= 15 is 0 Å². The van der Waals surface area contributed by atoms with Crippen molar-refractivity contribution in [3.8, 4) is 0 Å². The Bertz CT molecular complexity index is 3220. The third-order valence-corrected chi connectivity index (χ3v) is 20.2. The highest BCUT2D eigenvalue weighted by Gasteiger charge is 2.30. The van der Waals surface area contributed by atoms with Crippen LogP contribution in [0.1, 0.15) is 246 Å². The van der Waals surface area contributed by atoms with Crippen LogP contribution in [-0.2, 0) is 52.5 Å². The van der Waals surface area contributed by atoms with Gasteiger partial charge < -0.3 is 50.3 Å². The molecule has 3 rings (SSSR count). The van der Waals surface area contributed by atoms with Gasteiger partial charge in [-0.3, -0.25) is 28.8 Å². The molecule has 0 fully saturated rings. The summed E-state index contributed by atoms with van der Waals surface area (Å²) in [5.41, 5.74) is 13.9. The highest BCUT2D eigenvalue weighted by molar-refractivity contribution is 5.96. The molecule has 0 saturated carbocycles. The predicted molar refractivity (Wildman–Crippen MR) is 441 cm³/mol. The molecule has 0 aromatic carbocycles. The molecule has 0 bridgehead atoms. The number of allylic oxidation sites excluding steroid dienone is 26. The first kappa shape index (κ1) is 94.4. The first-order chi connectivity index (χ1) is 51.0. The van der Waals surface area contributed by atoms with Crippen molar-refractivity contribution in [1.82, 2.24) is 26.6 Å². The van der Waals surface area contributed by atoms with Crippen LogP contribution < -0.4 is 26.6 Å². The molecule has 5 N–H and O–H groups in total. The van der Waals surface area contributed by atoms with Gasteiger partial charge in [-0.1, -0.05) is 186 Å². The average molecular weight is 1480 g/mol. The molecule has 0 spiro atoms. The van der Waals surface area contributed by atoms with E-state index in [0.29, 0.717) is 162 Å². The highest BCUT2D eigenvalue weighted by atomic mass is 16.5. The Labute approximate surface area is 647 Å². The Hall–Kier alpha value is -6.82. The number of carbonyl (C=O) groups is 6. The number of carbonyl (C=O) groups excluding carboxylic acids is 6. The van der Waals surface area contributed by atoms with Crippen LogP contribution in [0.5, 0.6) is 0 Å². The minimum Gasteiger partial charge on any atom is -0.379 e. The Morgan fingerprint density at radius 3 is 1.34 bits per heavy atom. The fourth-order valence-corrected chi connectivity index (χ4v) is 13.8. The summed E-state index contributed by atoms with van der Waals surface area (Å²) in [5, 5.41) is 15.0. The van der Waals surface area contributed by atoms with E-state index in [4.69, 9.17) is 23.7 Å². The van der Waals surface area contributed by atoms with Gasteiger partial charge in [0.1, 0.15) is 0 Å². The van der Waals surface area contributed by atoms with Crippen LogP contribution in [0.15, 0.2) is 165 Å². The number of rotatable bonds is 53. The molecule has 0 aromatic heterocycles. The van der Waals surface area contributed by atoms with Crippen LogP contribution in [0.4, 0.5) is 0 Å². The monoisotopic (exact) mass is 1480 g/mol. The number of amides is 5. The lowest BCUT2D eigenvalue weighted by molar-refractivity contribution is -0.131. The summed E-state index contributed by atoms with van der Waals surface area (Å²) < 4.78 is 28.0. The number of Topliss-reactive ketones (excluding diaryl/α,β-unsaturated/α-hetero) is 1. The van der Waals surface area contributed by atoms with Gasteiger partial charge in [-0.2, -0.15) is 0 Å². The smallest absolute Gasteiger partial charge is 0.244 e. The van der Waals surface area contributed by atoms with Crippen molar-refractivity contribution in [2.75, 3.05) is 92.2 Å². The van der Waals surface area contributed by atoms with E-state index in [1.807, 2.05) is 63.3 Å². The molecule has 0 radical (unpaired) electrons. The molecule has 0 aliphatic heterocycles. The van der Waals surface area contributed by atoms with Crippen molar-refractivity contribution < 1.29 is 52.5 Å². The third kappa shape index (κ3) is 42.7. The topological polar surface area (TPSA) is 209 Å². The first-order valence-corrected chi connectivity index (χ1v) is 40.4. The average Bonchev–Trinajstić information content (AvgIpc) is 0.835. The second kappa shape index (κ2) is 53.9. The van der Waals surface area contributed by atoms with E-state index in [2.05, 4.69) is 165 Å². The molecule has 3 aliphatic carbocycles. The predicted octanol–water partition coefficient (Wildman–Crippen LogP) is 18.2. The quantitative estimate of drug-likeness (QED) is 0.0220. The van der Waals surface area contributed by atoms with E-state index in [9.17, 15) is 28.8 Å². The summed E-state index contributed by atoms with van der Waals surface area (Å²) in [6.45, 7) is 40.8. The van der Waals surface area contributed by atoms with Gasteiger partial charge in [0, 0.05) is 83.3 Å². The lowest BCUT2D eigenvalue weighted by Gasteiger charge is -2.33. The molecule has 3 aliphatic rings. The number of unbranched alkanes of at least 4 members (excludes halogenated alkanes) is 2. The highest BCUT2D eigenvalue weighted by Crippen LogP contribution is 2.43. The molecule has 3 atom stereocenters. The molecule has 0 heterocycles. The van der Waals surface area contributed by atoms with Crippen LogP contribution in [0.2, 0.25) is 0 Å². The number of hydrogen-bond acceptors (Lipinski definition) is 11. The molecular formula is C91H143N5O11. The zero-order valence-corrected chi connectivity index (χ0v) is 69.3. The van der Waals surface area contributed by atoms with Crippen molar-refractivity contribution in [2.24, 2.45) is 28.1 Å². The molecular weight excluding hydrogens is 1340 g/mol. The molecule has 5 amide bonds. The van der Waals surface area contributed by atoms with E-state index in [0.717, 1.165) is 54.4 Å². The van der Waals surface area contributed by atoms with Gasteiger partial charge in [-0.25, -0.2) is 0 Å². The van der Waals surface area contributed by atoms with Crippen LogP contribution in [0.3, 0.4) is 0 Å². The van der Waals surface area contributed by atoms with Gasteiger partial charge in [-0.15, -0.1) is 0 Å². The molecule has 0 aromatic rings. The van der Waals surface area contributed by atoms with Gasteiger partial charge in [0.2, 0.25) is 29.5 Å². The summed E-state index contributed by atoms with van der Waals surface area (Å²) in [4.78, 5) is 81.2. The zero-order valence-electron chi connectivity index (χ0n) is 69.3. The Morgan fingerprint density at radius 2 is 0.850 bits per heavy atom. The first-order valence-electron chi connectivity index (χ1n) is 40.4. The molecule has 16 heteroatoms. The maximum absolute atomic E-state index is 14.7. The Kier molecular flexibility index (Phi) is 47.5.